The summed E-state index contributed by atoms with van der Waals surface area (Å²) in [6.07, 6.45) is 5.66. The van der Waals surface area contributed by atoms with Crippen LogP contribution in [-0.4, -0.2) is 14.8 Å². The van der Waals surface area contributed by atoms with Crippen LogP contribution in [0.5, 0.6) is 0 Å². The summed E-state index contributed by atoms with van der Waals surface area (Å²) in [5.74, 6) is 0. The molecule has 2 aromatic carbocycles. The Kier molecular flexibility index (Phi) is 4.61. The average Bonchev–Trinajstić information content (AvgIpc) is 3.10. The Balaban J connectivity index is 1.53. The molecule has 0 aliphatic heterocycles. The van der Waals surface area contributed by atoms with E-state index in [9.17, 15) is 0 Å². The topological polar surface area (TPSA) is 30.7 Å². The van der Waals surface area contributed by atoms with Crippen molar-refractivity contribution in [1.29, 1.82) is 0 Å². The van der Waals surface area contributed by atoms with E-state index in [1.54, 1.807) is 0 Å². The van der Waals surface area contributed by atoms with Crippen LogP contribution in [-0.2, 0) is 12.8 Å². The van der Waals surface area contributed by atoms with E-state index in [1.165, 1.54) is 16.7 Å². The summed E-state index contributed by atoms with van der Waals surface area (Å²) in [5, 5.41) is 4.50. The summed E-state index contributed by atoms with van der Waals surface area (Å²) in [7, 11) is 0. The molecule has 0 saturated carbocycles. The van der Waals surface area contributed by atoms with Crippen molar-refractivity contribution in [2.45, 2.75) is 19.8 Å². The standard InChI is InChI=1S/C23H21N3/c1-18-11-13-26(25-18)23-9-5-8-20(17-23)14-21-10-12-24-22(16-21)15-19-6-3-2-4-7-19/h2-13,16-17H,14-15H2,1H3. The van der Waals surface area contributed by atoms with Crippen LogP contribution < -0.4 is 0 Å². The average molecular weight is 339 g/mol. The van der Waals surface area contributed by atoms with Gasteiger partial charge in [-0.25, -0.2) is 4.68 Å². The van der Waals surface area contributed by atoms with Crippen LogP contribution in [0.25, 0.3) is 5.69 Å². The quantitative estimate of drug-likeness (QED) is 0.525. The Morgan fingerprint density at radius 3 is 2.38 bits per heavy atom. The van der Waals surface area contributed by atoms with Crippen LogP contribution in [0.2, 0.25) is 0 Å². The van der Waals surface area contributed by atoms with Gasteiger partial charge in [0.2, 0.25) is 0 Å². The van der Waals surface area contributed by atoms with E-state index in [0.717, 1.165) is 29.9 Å². The molecule has 0 amide bonds. The largest absolute Gasteiger partial charge is 0.261 e. The fourth-order valence-corrected chi connectivity index (χ4v) is 3.14. The third kappa shape index (κ3) is 3.89. The van der Waals surface area contributed by atoms with Crippen molar-refractivity contribution in [2.24, 2.45) is 0 Å². The van der Waals surface area contributed by atoms with Crippen LogP contribution in [0.4, 0.5) is 0 Å². The molecule has 0 unspecified atom stereocenters. The second-order valence-electron chi connectivity index (χ2n) is 6.57. The van der Waals surface area contributed by atoms with Gasteiger partial charge in [-0.05, 0) is 60.4 Å². The normalized spacial score (nSPS) is 10.8. The second-order valence-corrected chi connectivity index (χ2v) is 6.57. The van der Waals surface area contributed by atoms with Gasteiger partial charge in [-0.2, -0.15) is 5.10 Å². The SMILES string of the molecule is Cc1ccn(-c2cccc(Cc3ccnc(Cc4ccccc4)c3)c2)n1. The summed E-state index contributed by atoms with van der Waals surface area (Å²) in [4.78, 5) is 4.53. The first-order chi connectivity index (χ1) is 12.8. The minimum Gasteiger partial charge on any atom is -0.261 e. The molecule has 3 heteroatoms. The highest BCUT2D eigenvalue weighted by Crippen LogP contribution is 2.16. The van der Waals surface area contributed by atoms with Gasteiger partial charge in [-0.3, -0.25) is 4.98 Å². The molecule has 0 spiro atoms. The van der Waals surface area contributed by atoms with Crippen molar-refractivity contribution in [3.63, 3.8) is 0 Å². The molecular weight excluding hydrogens is 318 g/mol. The van der Waals surface area contributed by atoms with E-state index < -0.39 is 0 Å². The molecule has 4 aromatic rings. The van der Waals surface area contributed by atoms with E-state index in [1.807, 2.05) is 36.1 Å². The molecule has 0 fully saturated rings. The molecule has 0 radical (unpaired) electrons. The van der Waals surface area contributed by atoms with Crippen molar-refractivity contribution in [3.8, 4) is 5.69 Å². The molecule has 0 aliphatic carbocycles. The summed E-state index contributed by atoms with van der Waals surface area (Å²) in [5.41, 5.74) is 7.05. The van der Waals surface area contributed by atoms with Crippen LogP contribution in [0, 0.1) is 6.92 Å². The first-order valence-electron chi connectivity index (χ1n) is 8.85. The Bertz CT molecular complexity index is 1000. The first kappa shape index (κ1) is 16.3. The molecule has 128 valence electrons. The van der Waals surface area contributed by atoms with Crippen LogP contribution in [0.1, 0.15) is 28.1 Å². The summed E-state index contributed by atoms with van der Waals surface area (Å²) in [6.45, 7) is 2.01. The highest BCUT2D eigenvalue weighted by atomic mass is 15.3. The number of nitrogens with zero attached hydrogens (tertiary/aromatic N) is 3. The summed E-state index contributed by atoms with van der Waals surface area (Å²) in [6, 6.07) is 25.3. The molecule has 3 nitrogen and oxygen atoms in total. The van der Waals surface area contributed by atoms with Crippen molar-refractivity contribution in [1.82, 2.24) is 14.8 Å². The van der Waals surface area contributed by atoms with Gasteiger partial charge in [0.15, 0.2) is 0 Å². The van der Waals surface area contributed by atoms with Crippen molar-refractivity contribution in [2.75, 3.05) is 0 Å². The van der Waals surface area contributed by atoms with Crippen molar-refractivity contribution < 1.29 is 0 Å². The van der Waals surface area contributed by atoms with Gasteiger partial charge in [-0.15, -0.1) is 0 Å². The molecule has 26 heavy (non-hydrogen) atoms. The van der Waals surface area contributed by atoms with Gasteiger partial charge in [0.25, 0.3) is 0 Å². The van der Waals surface area contributed by atoms with Crippen LogP contribution in [0.15, 0.2) is 85.2 Å². The molecule has 4 rings (SSSR count). The van der Waals surface area contributed by atoms with E-state index in [0.29, 0.717) is 0 Å². The van der Waals surface area contributed by atoms with Crippen molar-refractivity contribution >= 4 is 0 Å². The molecule has 0 aliphatic rings. The molecule has 2 aromatic heterocycles. The zero-order valence-electron chi connectivity index (χ0n) is 14.8. The minimum atomic E-state index is 0.862. The predicted molar refractivity (Wildman–Crippen MR) is 105 cm³/mol. The molecule has 2 heterocycles. The first-order valence-corrected chi connectivity index (χ1v) is 8.85. The zero-order chi connectivity index (χ0) is 17.8. The lowest BCUT2D eigenvalue weighted by Crippen LogP contribution is -1.98. The third-order valence-corrected chi connectivity index (χ3v) is 4.41. The van der Waals surface area contributed by atoms with Gasteiger partial charge in [0.05, 0.1) is 11.4 Å². The van der Waals surface area contributed by atoms with Gasteiger partial charge in [-0.1, -0.05) is 42.5 Å². The Hall–Kier alpha value is -3.20. The van der Waals surface area contributed by atoms with E-state index in [-0.39, 0.29) is 0 Å². The van der Waals surface area contributed by atoms with Gasteiger partial charge >= 0.3 is 0 Å². The highest BCUT2D eigenvalue weighted by Gasteiger charge is 2.04. The fraction of sp³-hybridized carbons (Fsp3) is 0.130. The smallest absolute Gasteiger partial charge is 0.0648 e. The van der Waals surface area contributed by atoms with Crippen LogP contribution in [0.3, 0.4) is 0 Å². The van der Waals surface area contributed by atoms with Gasteiger partial charge in [0.1, 0.15) is 0 Å². The number of pyridine rings is 1. The predicted octanol–water partition coefficient (Wildman–Crippen LogP) is 4.76. The maximum atomic E-state index is 4.53. The minimum absolute atomic E-state index is 0.862. The molecule has 0 N–H and O–H groups in total. The zero-order valence-corrected chi connectivity index (χ0v) is 14.8. The monoisotopic (exact) mass is 339 g/mol. The summed E-state index contributed by atoms with van der Waals surface area (Å²) < 4.78 is 1.92. The van der Waals surface area contributed by atoms with Crippen LogP contribution >= 0.6 is 0 Å². The number of aryl methyl sites for hydroxylation is 1. The van der Waals surface area contributed by atoms with E-state index in [4.69, 9.17) is 0 Å². The molecule has 0 saturated heterocycles. The number of hydrogen-bond acceptors (Lipinski definition) is 2. The fourth-order valence-electron chi connectivity index (χ4n) is 3.14. The number of rotatable bonds is 5. The van der Waals surface area contributed by atoms with Gasteiger partial charge in [0, 0.05) is 24.5 Å². The van der Waals surface area contributed by atoms with Crippen molar-refractivity contribution in [3.05, 3.63) is 113 Å². The Morgan fingerprint density at radius 1 is 0.769 bits per heavy atom. The molecule has 0 atom stereocenters. The van der Waals surface area contributed by atoms with E-state index in [2.05, 4.69) is 70.7 Å². The maximum absolute atomic E-state index is 4.53. The maximum Gasteiger partial charge on any atom is 0.0648 e. The lowest BCUT2D eigenvalue weighted by Gasteiger charge is -2.08. The number of aromatic nitrogens is 3. The molecule has 0 bridgehead atoms. The summed E-state index contributed by atoms with van der Waals surface area (Å²) >= 11 is 0. The lowest BCUT2D eigenvalue weighted by molar-refractivity contribution is 0.860. The lowest BCUT2D eigenvalue weighted by atomic mass is 10.0. The number of hydrogen-bond donors (Lipinski definition) is 0. The Labute approximate surface area is 154 Å². The Morgan fingerprint density at radius 2 is 1.58 bits per heavy atom. The highest BCUT2D eigenvalue weighted by molar-refractivity contribution is 5.38. The number of benzene rings is 2. The van der Waals surface area contributed by atoms with E-state index >= 15 is 0 Å². The van der Waals surface area contributed by atoms with Gasteiger partial charge < -0.3 is 0 Å². The third-order valence-electron chi connectivity index (χ3n) is 4.41. The second kappa shape index (κ2) is 7.36. The molecular formula is C23H21N3.